The van der Waals surface area contributed by atoms with E-state index in [-0.39, 0.29) is 5.78 Å². The van der Waals surface area contributed by atoms with Crippen molar-refractivity contribution >= 4 is 11.9 Å². The van der Waals surface area contributed by atoms with Gasteiger partial charge < -0.3 is 9.47 Å². The standard InChI is InChI=1S/C19H18N2O3/c1-12(2)21-10-15-16(23-11-21)6-5-14-18(22)17(24-19(14)15)8-13-4-3-7-20-9-13/h3-9,12H,10-11H2,1-2H3/b17-8-. The maximum atomic E-state index is 12.6. The predicted octanol–water partition coefficient (Wildman–Crippen LogP) is 3.26. The number of rotatable bonds is 2. The molecule has 0 fully saturated rings. The molecule has 0 aliphatic carbocycles. The highest BCUT2D eigenvalue weighted by Gasteiger charge is 2.33. The van der Waals surface area contributed by atoms with E-state index >= 15 is 0 Å². The number of hydrogen-bond donors (Lipinski definition) is 0. The third-order valence-electron chi connectivity index (χ3n) is 4.36. The minimum absolute atomic E-state index is 0.0988. The molecule has 122 valence electrons. The van der Waals surface area contributed by atoms with Gasteiger partial charge in [-0.15, -0.1) is 0 Å². The van der Waals surface area contributed by atoms with Crippen molar-refractivity contribution in [1.82, 2.24) is 9.88 Å². The zero-order valence-electron chi connectivity index (χ0n) is 13.7. The fourth-order valence-electron chi connectivity index (χ4n) is 2.92. The highest BCUT2D eigenvalue weighted by Crippen LogP contribution is 2.42. The zero-order valence-corrected chi connectivity index (χ0v) is 13.7. The van der Waals surface area contributed by atoms with Gasteiger partial charge in [0.1, 0.15) is 18.2 Å². The summed E-state index contributed by atoms with van der Waals surface area (Å²) in [5.41, 5.74) is 2.37. The Hall–Kier alpha value is -2.66. The Labute approximate surface area is 140 Å². The van der Waals surface area contributed by atoms with Crippen LogP contribution in [-0.4, -0.2) is 28.4 Å². The first-order valence-electron chi connectivity index (χ1n) is 8.00. The van der Waals surface area contributed by atoms with Crippen LogP contribution in [0.15, 0.2) is 42.4 Å². The van der Waals surface area contributed by atoms with Crippen LogP contribution in [0.3, 0.4) is 0 Å². The largest absolute Gasteiger partial charge is 0.478 e. The third-order valence-corrected chi connectivity index (χ3v) is 4.36. The summed E-state index contributed by atoms with van der Waals surface area (Å²) in [6.07, 6.45) is 5.12. The Morgan fingerprint density at radius 2 is 2.17 bits per heavy atom. The first kappa shape index (κ1) is 14.9. The van der Waals surface area contributed by atoms with Crippen molar-refractivity contribution in [2.45, 2.75) is 26.4 Å². The zero-order chi connectivity index (χ0) is 16.7. The second kappa shape index (κ2) is 5.76. The molecule has 3 heterocycles. The molecule has 2 aromatic rings. The van der Waals surface area contributed by atoms with Crippen LogP contribution in [-0.2, 0) is 6.54 Å². The van der Waals surface area contributed by atoms with E-state index in [9.17, 15) is 4.79 Å². The topological polar surface area (TPSA) is 51.7 Å². The van der Waals surface area contributed by atoms with E-state index in [1.54, 1.807) is 24.5 Å². The highest BCUT2D eigenvalue weighted by molar-refractivity contribution is 6.15. The number of benzene rings is 1. The van der Waals surface area contributed by atoms with Crippen molar-refractivity contribution in [2.75, 3.05) is 6.73 Å². The maximum Gasteiger partial charge on any atom is 0.231 e. The number of ether oxygens (including phenoxy) is 2. The van der Waals surface area contributed by atoms with Crippen molar-refractivity contribution in [3.63, 3.8) is 0 Å². The van der Waals surface area contributed by atoms with Crippen molar-refractivity contribution in [1.29, 1.82) is 0 Å². The molecule has 1 aromatic carbocycles. The van der Waals surface area contributed by atoms with E-state index in [1.807, 2.05) is 18.2 Å². The van der Waals surface area contributed by atoms with Crippen LogP contribution in [0.4, 0.5) is 0 Å². The van der Waals surface area contributed by atoms with Gasteiger partial charge in [0, 0.05) is 25.0 Å². The Morgan fingerprint density at radius 3 is 2.92 bits per heavy atom. The van der Waals surface area contributed by atoms with Crippen molar-refractivity contribution in [3.05, 3.63) is 59.1 Å². The lowest BCUT2D eigenvalue weighted by molar-refractivity contribution is 0.0674. The van der Waals surface area contributed by atoms with Gasteiger partial charge >= 0.3 is 0 Å². The molecule has 4 rings (SSSR count). The number of hydrogen-bond acceptors (Lipinski definition) is 5. The van der Waals surface area contributed by atoms with E-state index in [2.05, 4.69) is 23.7 Å². The first-order chi connectivity index (χ1) is 11.6. The van der Waals surface area contributed by atoms with Gasteiger partial charge in [-0.05, 0) is 43.7 Å². The van der Waals surface area contributed by atoms with Gasteiger partial charge in [-0.3, -0.25) is 14.7 Å². The summed E-state index contributed by atoms with van der Waals surface area (Å²) in [5.74, 6) is 1.64. The number of pyridine rings is 1. The van der Waals surface area contributed by atoms with Crippen LogP contribution in [0.2, 0.25) is 0 Å². The van der Waals surface area contributed by atoms with Crippen LogP contribution >= 0.6 is 0 Å². The van der Waals surface area contributed by atoms with Crippen LogP contribution in [0.1, 0.15) is 35.3 Å². The molecule has 0 spiro atoms. The number of aromatic nitrogens is 1. The molecule has 24 heavy (non-hydrogen) atoms. The van der Waals surface area contributed by atoms with Gasteiger partial charge in [0.2, 0.25) is 5.78 Å². The number of ketones is 1. The Kier molecular flexibility index (Phi) is 3.58. The first-order valence-corrected chi connectivity index (χ1v) is 8.00. The Balaban J connectivity index is 1.72. The number of allylic oxidation sites excluding steroid dienone is 1. The fourth-order valence-corrected chi connectivity index (χ4v) is 2.92. The average molecular weight is 322 g/mol. The van der Waals surface area contributed by atoms with Gasteiger partial charge in [-0.25, -0.2) is 0 Å². The number of nitrogens with zero attached hydrogens (tertiary/aromatic N) is 2. The number of carbonyl (C=O) groups excluding carboxylic acids is 1. The van der Waals surface area contributed by atoms with Crippen molar-refractivity contribution < 1.29 is 14.3 Å². The smallest absolute Gasteiger partial charge is 0.231 e. The molecular weight excluding hydrogens is 304 g/mol. The second-order valence-electron chi connectivity index (χ2n) is 6.26. The van der Waals surface area contributed by atoms with E-state index in [4.69, 9.17) is 9.47 Å². The molecule has 0 saturated heterocycles. The van der Waals surface area contributed by atoms with Crippen LogP contribution in [0.5, 0.6) is 11.5 Å². The van der Waals surface area contributed by atoms with Gasteiger partial charge in [-0.1, -0.05) is 6.07 Å². The number of fused-ring (bicyclic) bond motifs is 3. The molecule has 0 atom stereocenters. The third kappa shape index (κ3) is 2.47. The molecule has 1 aromatic heterocycles. The quantitative estimate of drug-likeness (QED) is 0.794. The SMILES string of the molecule is CC(C)N1COc2ccc3c(c2C1)O/C(=C\c1cccnc1)C3=O. The van der Waals surface area contributed by atoms with Crippen LogP contribution in [0.25, 0.3) is 6.08 Å². The highest BCUT2D eigenvalue weighted by atomic mass is 16.5. The molecule has 0 bridgehead atoms. The lowest BCUT2D eigenvalue weighted by Gasteiger charge is -2.32. The molecular formula is C19H18N2O3. The molecule has 0 N–H and O–H groups in total. The number of Topliss-reactive ketones (excluding diaryl/α,β-unsaturated/α-hetero) is 1. The van der Waals surface area contributed by atoms with Crippen molar-refractivity contribution in [3.8, 4) is 11.5 Å². The van der Waals surface area contributed by atoms with Crippen molar-refractivity contribution in [2.24, 2.45) is 0 Å². The monoisotopic (exact) mass is 322 g/mol. The molecule has 2 aliphatic heterocycles. The number of carbonyl (C=O) groups is 1. The van der Waals surface area contributed by atoms with E-state index in [0.29, 0.717) is 36.4 Å². The van der Waals surface area contributed by atoms with Gasteiger partial charge in [0.25, 0.3) is 0 Å². The van der Waals surface area contributed by atoms with Gasteiger partial charge in [0.05, 0.1) is 11.1 Å². The summed E-state index contributed by atoms with van der Waals surface area (Å²) >= 11 is 0. The van der Waals surface area contributed by atoms with E-state index < -0.39 is 0 Å². The molecule has 0 saturated carbocycles. The molecule has 2 aliphatic rings. The minimum atomic E-state index is -0.0988. The molecule has 5 nitrogen and oxygen atoms in total. The van der Waals surface area contributed by atoms with Gasteiger partial charge in [0.15, 0.2) is 5.76 Å². The Bertz CT molecular complexity index is 828. The summed E-state index contributed by atoms with van der Waals surface area (Å²) in [6.45, 7) is 5.51. The summed E-state index contributed by atoms with van der Waals surface area (Å²) in [6, 6.07) is 7.72. The van der Waals surface area contributed by atoms with E-state index in [1.165, 1.54) is 0 Å². The summed E-state index contributed by atoms with van der Waals surface area (Å²) in [4.78, 5) is 18.9. The molecule has 0 amide bonds. The normalized spacial score (nSPS) is 18.3. The second-order valence-corrected chi connectivity index (χ2v) is 6.26. The lowest BCUT2D eigenvalue weighted by atomic mass is 10.0. The minimum Gasteiger partial charge on any atom is -0.478 e. The Morgan fingerprint density at radius 1 is 1.29 bits per heavy atom. The maximum absolute atomic E-state index is 12.6. The average Bonchev–Trinajstić information content (AvgIpc) is 2.92. The van der Waals surface area contributed by atoms with Gasteiger partial charge in [-0.2, -0.15) is 0 Å². The summed E-state index contributed by atoms with van der Waals surface area (Å²) in [5, 5.41) is 0. The van der Waals surface area contributed by atoms with E-state index in [0.717, 1.165) is 16.9 Å². The van der Waals surface area contributed by atoms with Crippen LogP contribution < -0.4 is 9.47 Å². The lowest BCUT2D eigenvalue weighted by Crippen LogP contribution is -2.37. The summed E-state index contributed by atoms with van der Waals surface area (Å²) < 4.78 is 11.7. The predicted molar refractivity (Wildman–Crippen MR) is 89.8 cm³/mol. The van der Waals surface area contributed by atoms with Crippen LogP contribution in [0, 0.1) is 0 Å². The molecule has 0 unspecified atom stereocenters. The summed E-state index contributed by atoms with van der Waals surface area (Å²) in [7, 11) is 0. The molecule has 0 radical (unpaired) electrons. The molecule has 5 heteroatoms. The fraction of sp³-hybridized carbons (Fsp3) is 0.263.